The number of hydrogen-bond acceptors (Lipinski definition) is 2. The first-order valence-corrected chi connectivity index (χ1v) is 1.19. The van der Waals surface area contributed by atoms with Crippen LogP contribution in [0, 0.1) is 0 Å². The van der Waals surface area contributed by atoms with Crippen LogP contribution < -0.4 is 5.73 Å². The predicted octanol–water partition coefficient (Wildman–Crippen LogP) is -1.35. The van der Waals surface area contributed by atoms with Gasteiger partial charge in [-0.15, -0.1) is 0 Å². The molecule has 0 saturated carbocycles. The van der Waals surface area contributed by atoms with Crippen LogP contribution in [0.5, 0.6) is 0 Å². The van der Waals surface area contributed by atoms with Gasteiger partial charge < -0.3 is 10.8 Å². The second-order valence-electron chi connectivity index (χ2n) is 0.598. The Morgan fingerprint density at radius 1 is 1.83 bits per heavy atom. The van der Waals surface area contributed by atoms with Crippen molar-refractivity contribution in [2.75, 3.05) is 6.54 Å². The Balaban J connectivity index is 0. The summed E-state index contributed by atoms with van der Waals surface area (Å²) in [5.41, 5.74) is 4.57. The minimum atomic E-state index is -0.968. The second-order valence-corrected chi connectivity index (χ2v) is 0.598. The number of carbonyl (C=O) groups is 1. The summed E-state index contributed by atoms with van der Waals surface area (Å²) in [5.74, 6) is -0.968. The molecule has 0 aliphatic heterocycles. The Morgan fingerprint density at radius 2 is 2.00 bits per heavy atom. The fourth-order valence-corrected chi connectivity index (χ4v) is 0. The SMILES string of the molecule is NCC(=O)O.[Ba]. The Morgan fingerprint density at radius 3 is 2.00 bits per heavy atom. The normalized spacial score (nSPS) is 6.17. The van der Waals surface area contributed by atoms with E-state index in [1.54, 1.807) is 0 Å². The zero-order valence-electron chi connectivity index (χ0n) is 3.35. The summed E-state index contributed by atoms with van der Waals surface area (Å²) in [4.78, 5) is 9.24. The molecule has 0 aromatic heterocycles. The number of aliphatic carboxylic acids is 1. The van der Waals surface area contributed by atoms with Crippen LogP contribution in [0.25, 0.3) is 0 Å². The van der Waals surface area contributed by atoms with Crippen molar-refractivity contribution in [2.45, 2.75) is 0 Å². The first-order chi connectivity index (χ1) is 2.27. The molecule has 32 valence electrons. The van der Waals surface area contributed by atoms with E-state index in [1.807, 2.05) is 0 Å². The minimum absolute atomic E-state index is 0. The van der Waals surface area contributed by atoms with Gasteiger partial charge >= 0.3 is 5.97 Å². The third-order valence-corrected chi connectivity index (χ3v) is 0.175. The van der Waals surface area contributed by atoms with E-state index in [4.69, 9.17) is 5.11 Å². The van der Waals surface area contributed by atoms with Crippen LogP contribution in [0.4, 0.5) is 0 Å². The van der Waals surface area contributed by atoms with Crippen molar-refractivity contribution < 1.29 is 9.90 Å². The van der Waals surface area contributed by atoms with Crippen LogP contribution in [-0.2, 0) is 4.79 Å². The number of carboxylic acid groups (broad SMARTS) is 1. The molecule has 0 unspecified atom stereocenters. The summed E-state index contributed by atoms with van der Waals surface area (Å²) < 4.78 is 0. The van der Waals surface area contributed by atoms with Crippen molar-refractivity contribution in [1.82, 2.24) is 0 Å². The third kappa shape index (κ3) is 8.89. The molecule has 0 saturated heterocycles. The van der Waals surface area contributed by atoms with Gasteiger partial charge in [-0.05, 0) is 0 Å². The van der Waals surface area contributed by atoms with Crippen molar-refractivity contribution >= 4 is 54.9 Å². The molecular weight excluding hydrogens is 207 g/mol. The zero-order chi connectivity index (χ0) is 4.28. The van der Waals surface area contributed by atoms with Crippen molar-refractivity contribution in [3.63, 3.8) is 0 Å². The van der Waals surface area contributed by atoms with Crippen molar-refractivity contribution in [2.24, 2.45) is 5.73 Å². The molecule has 2 radical (unpaired) electrons. The summed E-state index contributed by atoms with van der Waals surface area (Å²) in [5, 5.41) is 7.60. The molecule has 3 N–H and O–H groups in total. The van der Waals surface area contributed by atoms with Crippen LogP contribution in [0.3, 0.4) is 0 Å². The average molecular weight is 212 g/mol. The summed E-state index contributed by atoms with van der Waals surface area (Å²) in [6.45, 7) is -0.278. The Bertz CT molecular complexity index is 46.8. The summed E-state index contributed by atoms with van der Waals surface area (Å²) in [7, 11) is 0. The van der Waals surface area contributed by atoms with Gasteiger partial charge in [0.15, 0.2) is 0 Å². The van der Waals surface area contributed by atoms with Gasteiger partial charge in [0.2, 0.25) is 0 Å². The quantitative estimate of drug-likeness (QED) is 0.528. The molecule has 0 aliphatic carbocycles. The summed E-state index contributed by atoms with van der Waals surface area (Å²) in [6, 6.07) is 0. The van der Waals surface area contributed by atoms with Gasteiger partial charge in [0.1, 0.15) is 0 Å². The maximum atomic E-state index is 9.24. The summed E-state index contributed by atoms with van der Waals surface area (Å²) in [6.07, 6.45) is 0. The predicted molar refractivity (Wildman–Crippen MR) is 22.4 cm³/mol. The van der Waals surface area contributed by atoms with Gasteiger partial charge in [-0.2, -0.15) is 0 Å². The third-order valence-electron chi connectivity index (χ3n) is 0.175. The van der Waals surface area contributed by atoms with E-state index >= 15 is 0 Å². The number of carboxylic acids is 1. The molecular formula is C2H5BaNO2. The number of rotatable bonds is 1. The average Bonchev–Trinajstić information content (AvgIpc) is 1.38. The number of nitrogens with two attached hydrogens (primary N) is 1. The van der Waals surface area contributed by atoms with Crippen LogP contribution in [0.2, 0.25) is 0 Å². The van der Waals surface area contributed by atoms with Gasteiger partial charge in [-0.1, -0.05) is 0 Å². The molecule has 0 aliphatic rings. The van der Waals surface area contributed by atoms with Crippen molar-refractivity contribution in [1.29, 1.82) is 0 Å². The number of hydrogen-bond donors (Lipinski definition) is 2. The Kier molecular flexibility index (Phi) is 10.1. The van der Waals surface area contributed by atoms with Gasteiger partial charge in [0.25, 0.3) is 0 Å². The van der Waals surface area contributed by atoms with Gasteiger partial charge in [0, 0.05) is 48.9 Å². The van der Waals surface area contributed by atoms with E-state index in [2.05, 4.69) is 5.73 Å². The van der Waals surface area contributed by atoms with Crippen LogP contribution in [0.1, 0.15) is 0 Å². The molecule has 0 amide bonds. The molecule has 6 heavy (non-hydrogen) atoms. The van der Waals surface area contributed by atoms with E-state index in [1.165, 1.54) is 0 Å². The van der Waals surface area contributed by atoms with Crippen LogP contribution >= 0.6 is 0 Å². The van der Waals surface area contributed by atoms with Gasteiger partial charge in [0.05, 0.1) is 6.54 Å². The van der Waals surface area contributed by atoms with Crippen molar-refractivity contribution in [3.8, 4) is 0 Å². The molecule has 3 nitrogen and oxygen atoms in total. The van der Waals surface area contributed by atoms with E-state index in [-0.39, 0.29) is 55.4 Å². The smallest absolute Gasteiger partial charge is 0.317 e. The molecule has 0 atom stereocenters. The van der Waals surface area contributed by atoms with E-state index in [0.717, 1.165) is 0 Å². The molecule has 0 aromatic rings. The minimum Gasteiger partial charge on any atom is -0.480 e. The monoisotopic (exact) mass is 213 g/mol. The molecule has 0 fully saturated rings. The molecule has 0 aromatic carbocycles. The summed E-state index contributed by atoms with van der Waals surface area (Å²) >= 11 is 0. The first kappa shape index (κ1) is 10.1. The molecule has 4 heteroatoms. The maximum Gasteiger partial charge on any atom is 0.317 e. The second kappa shape index (κ2) is 6.00. The largest absolute Gasteiger partial charge is 0.480 e. The standard InChI is InChI=1S/C2H5NO2.Ba/c3-1-2(4)5;/h1,3H2,(H,4,5);. The van der Waals surface area contributed by atoms with Gasteiger partial charge in [-0.3, -0.25) is 4.79 Å². The van der Waals surface area contributed by atoms with Crippen LogP contribution in [-0.4, -0.2) is 66.5 Å². The van der Waals surface area contributed by atoms with Crippen molar-refractivity contribution in [3.05, 3.63) is 0 Å². The zero-order valence-corrected chi connectivity index (χ0v) is 7.79. The van der Waals surface area contributed by atoms with E-state index < -0.39 is 5.97 Å². The fraction of sp³-hybridized carbons (Fsp3) is 0.500. The molecule has 0 rings (SSSR count). The Hall–Kier alpha value is 1.00. The topological polar surface area (TPSA) is 63.3 Å². The van der Waals surface area contributed by atoms with E-state index in [9.17, 15) is 4.79 Å². The maximum absolute atomic E-state index is 9.24. The fourth-order valence-electron chi connectivity index (χ4n) is 0. The molecule has 0 heterocycles. The first-order valence-electron chi connectivity index (χ1n) is 1.19. The van der Waals surface area contributed by atoms with E-state index in [0.29, 0.717) is 0 Å². The van der Waals surface area contributed by atoms with Crippen LogP contribution in [0.15, 0.2) is 0 Å². The molecule has 0 bridgehead atoms. The molecule has 0 spiro atoms. The Labute approximate surface area is 76.0 Å². The van der Waals surface area contributed by atoms with Gasteiger partial charge in [-0.25, -0.2) is 0 Å².